The van der Waals surface area contributed by atoms with Crippen LogP contribution in [0.2, 0.25) is 0 Å². The molecule has 28 heavy (non-hydrogen) atoms. The Morgan fingerprint density at radius 1 is 1.00 bits per heavy atom. The van der Waals surface area contributed by atoms with E-state index >= 15 is 0 Å². The van der Waals surface area contributed by atoms with Crippen LogP contribution in [0.3, 0.4) is 0 Å². The van der Waals surface area contributed by atoms with E-state index in [4.69, 9.17) is 14.2 Å². The predicted molar refractivity (Wildman–Crippen MR) is 104 cm³/mol. The van der Waals surface area contributed by atoms with Crippen LogP contribution < -0.4 is 0 Å². The number of hydrogen-bond acceptors (Lipinski definition) is 5. The fourth-order valence-electron chi connectivity index (χ4n) is 7.59. The Morgan fingerprint density at radius 2 is 1.68 bits per heavy atom. The van der Waals surface area contributed by atoms with Crippen molar-refractivity contribution in [3.63, 3.8) is 0 Å². The van der Waals surface area contributed by atoms with Gasteiger partial charge in [-0.05, 0) is 76.5 Å². The molecule has 3 aliphatic carbocycles. The second-order valence-corrected chi connectivity index (χ2v) is 10.5. The number of carbonyl (C=O) groups excluding carboxylic acids is 2. The van der Waals surface area contributed by atoms with Crippen LogP contribution in [0.25, 0.3) is 0 Å². The standard InChI is InChI=1S/C23H36O5/c1-20-10-6-11-21(2,19(25)26-5)17(20)8-7-15-16(20)9-12-22(3,18(15)24)23(4)27-13-14-28-23/h15-17H,6-14H2,1-5H3/t15-,16+,17-,20-,21-,22-/m1/s1. The van der Waals surface area contributed by atoms with Gasteiger partial charge in [0.2, 0.25) is 0 Å². The van der Waals surface area contributed by atoms with Gasteiger partial charge in [0, 0.05) is 5.92 Å². The molecule has 6 atom stereocenters. The maximum absolute atomic E-state index is 13.8. The van der Waals surface area contributed by atoms with Crippen LogP contribution in [0, 0.1) is 34.0 Å². The Bertz CT molecular complexity index is 668. The van der Waals surface area contributed by atoms with Crippen LogP contribution in [0.1, 0.15) is 72.6 Å². The second-order valence-electron chi connectivity index (χ2n) is 10.5. The summed E-state index contributed by atoms with van der Waals surface area (Å²) in [7, 11) is 1.50. The lowest BCUT2D eigenvalue weighted by Gasteiger charge is -2.61. The van der Waals surface area contributed by atoms with E-state index in [2.05, 4.69) is 13.8 Å². The summed E-state index contributed by atoms with van der Waals surface area (Å²) in [6.07, 6.45) is 6.59. The van der Waals surface area contributed by atoms with E-state index in [-0.39, 0.29) is 23.2 Å². The molecule has 158 valence electrons. The number of fused-ring (bicyclic) bond motifs is 3. The highest BCUT2D eigenvalue weighted by atomic mass is 16.7. The van der Waals surface area contributed by atoms with E-state index in [1.807, 2.05) is 13.8 Å². The average molecular weight is 393 g/mol. The summed E-state index contributed by atoms with van der Waals surface area (Å²) in [6, 6.07) is 0. The highest BCUT2D eigenvalue weighted by Crippen LogP contribution is 2.65. The first-order valence-electron chi connectivity index (χ1n) is 11.0. The monoisotopic (exact) mass is 392 g/mol. The summed E-state index contributed by atoms with van der Waals surface area (Å²) < 4.78 is 17.1. The van der Waals surface area contributed by atoms with Crippen molar-refractivity contribution in [3.05, 3.63) is 0 Å². The number of rotatable bonds is 2. The number of hydrogen-bond donors (Lipinski definition) is 0. The van der Waals surface area contributed by atoms with Crippen molar-refractivity contribution >= 4 is 11.8 Å². The Kier molecular flexibility index (Phi) is 4.74. The van der Waals surface area contributed by atoms with Gasteiger partial charge in [0.25, 0.3) is 0 Å². The zero-order chi connectivity index (χ0) is 20.4. The van der Waals surface area contributed by atoms with Crippen LogP contribution in [0.5, 0.6) is 0 Å². The minimum Gasteiger partial charge on any atom is -0.469 e. The van der Waals surface area contributed by atoms with Crippen molar-refractivity contribution in [2.24, 2.45) is 34.0 Å². The summed E-state index contributed by atoms with van der Waals surface area (Å²) in [6.45, 7) is 9.55. The zero-order valence-electron chi connectivity index (χ0n) is 18.1. The van der Waals surface area contributed by atoms with Gasteiger partial charge in [-0.1, -0.05) is 13.3 Å². The Morgan fingerprint density at radius 3 is 2.32 bits per heavy atom. The number of esters is 1. The third-order valence-corrected chi connectivity index (χ3v) is 9.40. The summed E-state index contributed by atoms with van der Waals surface area (Å²) in [5, 5.41) is 0. The summed E-state index contributed by atoms with van der Waals surface area (Å²) in [5.74, 6) is 0.104. The lowest BCUT2D eigenvalue weighted by Crippen LogP contribution is -2.62. The molecule has 3 saturated carbocycles. The number of ether oxygens (including phenoxy) is 3. The van der Waals surface area contributed by atoms with E-state index in [1.54, 1.807) is 0 Å². The third-order valence-electron chi connectivity index (χ3n) is 9.40. The van der Waals surface area contributed by atoms with Gasteiger partial charge in [-0.15, -0.1) is 0 Å². The normalized spacial score (nSPS) is 47.9. The molecule has 4 fully saturated rings. The quantitative estimate of drug-likeness (QED) is 0.661. The molecule has 1 saturated heterocycles. The molecule has 0 spiro atoms. The fourth-order valence-corrected chi connectivity index (χ4v) is 7.59. The Hall–Kier alpha value is -0.940. The SMILES string of the molecule is COC(=O)[C@]1(C)CCC[C@@]2(C)[C@H]1CC[C@H]1C(=O)[C@](C)(C3(C)OCCO3)CC[C@@H]12. The molecule has 0 radical (unpaired) electrons. The van der Waals surface area contributed by atoms with Crippen LogP contribution in [-0.2, 0) is 23.8 Å². The molecule has 0 N–H and O–H groups in total. The van der Waals surface area contributed by atoms with E-state index in [0.717, 1.165) is 44.9 Å². The summed E-state index contributed by atoms with van der Waals surface area (Å²) in [4.78, 5) is 26.5. The maximum atomic E-state index is 13.8. The molecule has 0 amide bonds. The topological polar surface area (TPSA) is 61.8 Å². The lowest BCUT2D eigenvalue weighted by molar-refractivity contribution is -0.235. The molecule has 0 aromatic rings. The van der Waals surface area contributed by atoms with E-state index in [0.29, 0.717) is 24.9 Å². The largest absolute Gasteiger partial charge is 0.469 e. The van der Waals surface area contributed by atoms with Gasteiger partial charge in [-0.25, -0.2) is 0 Å². The molecular weight excluding hydrogens is 356 g/mol. The van der Waals surface area contributed by atoms with Gasteiger partial charge in [0.15, 0.2) is 5.79 Å². The van der Waals surface area contributed by atoms with E-state index in [1.165, 1.54) is 7.11 Å². The first kappa shape index (κ1) is 20.3. The molecule has 4 rings (SSSR count). The predicted octanol–water partition coefficient (Wildman–Crippen LogP) is 4.13. The van der Waals surface area contributed by atoms with Crippen molar-refractivity contribution < 1.29 is 23.8 Å². The fraction of sp³-hybridized carbons (Fsp3) is 0.913. The summed E-state index contributed by atoms with van der Waals surface area (Å²) >= 11 is 0. The number of ketones is 1. The van der Waals surface area contributed by atoms with Gasteiger partial charge < -0.3 is 14.2 Å². The first-order chi connectivity index (χ1) is 13.1. The number of Topliss-reactive ketones (excluding diaryl/α,β-unsaturated/α-hetero) is 1. The molecule has 5 nitrogen and oxygen atoms in total. The van der Waals surface area contributed by atoms with E-state index in [9.17, 15) is 9.59 Å². The molecule has 1 heterocycles. The molecule has 0 unspecified atom stereocenters. The average Bonchev–Trinajstić information content (AvgIpc) is 3.12. The molecule has 0 bridgehead atoms. The smallest absolute Gasteiger partial charge is 0.311 e. The molecule has 4 aliphatic rings. The highest BCUT2D eigenvalue weighted by Gasteiger charge is 2.65. The number of carbonyl (C=O) groups is 2. The minimum absolute atomic E-state index is 0.0133. The van der Waals surface area contributed by atoms with Gasteiger partial charge in [0.05, 0.1) is 31.2 Å². The lowest BCUT2D eigenvalue weighted by atomic mass is 9.42. The van der Waals surface area contributed by atoms with E-state index < -0.39 is 16.6 Å². The van der Waals surface area contributed by atoms with Crippen molar-refractivity contribution in [1.29, 1.82) is 0 Å². The van der Waals surface area contributed by atoms with Crippen molar-refractivity contribution in [2.45, 2.75) is 78.4 Å². The van der Waals surface area contributed by atoms with Crippen LogP contribution in [0.15, 0.2) is 0 Å². The van der Waals surface area contributed by atoms with Crippen LogP contribution in [0.4, 0.5) is 0 Å². The molecule has 0 aromatic carbocycles. The van der Waals surface area contributed by atoms with Crippen molar-refractivity contribution in [1.82, 2.24) is 0 Å². The van der Waals surface area contributed by atoms with Crippen molar-refractivity contribution in [3.8, 4) is 0 Å². The molecule has 0 aromatic heterocycles. The Labute approximate surface area is 168 Å². The van der Waals surface area contributed by atoms with Gasteiger partial charge in [-0.3, -0.25) is 9.59 Å². The molecule has 5 heteroatoms. The van der Waals surface area contributed by atoms with Crippen molar-refractivity contribution in [2.75, 3.05) is 20.3 Å². The van der Waals surface area contributed by atoms with Crippen LogP contribution in [-0.4, -0.2) is 37.9 Å². The highest BCUT2D eigenvalue weighted by molar-refractivity contribution is 5.89. The third kappa shape index (κ3) is 2.51. The minimum atomic E-state index is -0.806. The zero-order valence-corrected chi connectivity index (χ0v) is 18.1. The molecular formula is C23H36O5. The Balaban J connectivity index is 1.65. The summed E-state index contributed by atoms with van der Waals surface area (Å²) in [5.41, 5.74) is -1.01. The van der Waals surface area contributed by atoms with Gasteiger partial charge in [0.1, 0.15) is 5.78 Å². The number of methoxy groups -OCH3 is 1. The molecule has 1 aliphatic heterocycles. The first-order valence-corrected chi connectivity index (χ1v) is 11.0. The van der Waals surface area contributed by atoms with Gasteiger partial charge >= 0.3 is 5.97 Å². The maximum Gasteiger partial charge on any atom is 0.311 e. The van der Waals surface area contributed by atoms with Gasteiger partial charge in [-0.2, -0.15) is 0 Å². The second kappa shape index (κ2) is 6.53. The van der Waals surface area contributed by atoms with Crippen LogP contribution >= 0.6 is 0 Å².